The molecule has 0 saturated heterocycles. The monoisotopic (exact) mass is 295 g/mol. The average molecular weight is 295 g/mol. The highest BCUT2D eigenvalue weighted by molar-refractivity contribution is 5.51. The van der Waals surface area contributed by atoms with Crippen molar-refractivity contribution in [3.8, 4) is 17.2 Å². The van der Waals surface area contributed by atoms with Gasteiger partial charge in [-0.3, -0.25) is 0 Å². The Morgan fingerprint density at radius 1 is 1.00 bits per heavy atom. The Hall–Kier alpha value is -1.42. The highest BCUT2D eigenvalue weighted by atomic mass is 16.5. The molecule has 0 atom stereocenters. The summed E-state index contributed by atoms with van der Waals surface area (Å²) in [5.41, 5.74) is 0. The molecule has 0 aliphatic rings. The molecule has 1 rings (SSSR count). The first-order valence-corrected chi connectivity index (χ1v) is 7.73. The molecule has 0 spiro atoms. The fourth-order valence-corrected chi connectivity index (χ4v) is 2.05. The standard InChI is InChI=1S/C17H29NO3/c1-14(2)13-18-11-6-5-7-12-21-17-15(19-3)9-8-10-16(17)20-4/h8-10,14,18H,5-7,11-13H2,1-4H3. The van der Waals surface area contributed by atoms with Crippen LogP contribution >= 0.6 is 0 Å². The zero-order valence-corrected chi connectivity index (χ0v) is 13.8. The smallest absolute Gasteiger partial charge is 0.203 e. The molecule has 0 bridgehead atoms. The fraction of sp³-hybridized carbons (Fsp3) is 0.647. The molecule has 0 aliphatic heterocycles. The molecule has 0 unspecified atom stereocenters. The zero-order valence-electron chi connectivity index (χ0n) is 13.8. The predicted molar refractivity (Wildman–Crippen MR) is 86.6 cm³/mol. The number of hydrogen-bond donors (Lipinski definition) is 1. The number of ether oxygens (including phenoxy) is 3. The van der Waals surface area contributed by atoms with Crippen molar-refractivity contribution in [1.82, 2.24) is 5.32 Å². The minimum Gasteiger partial charge on any atom is -0.493 e. The van der Waals surface area contributed by atoms with Crippen molar-refractivity contribution in [2.75, 3.05) is 33.9 Å². The van der Waals surface area contributed by atoms with Gasteiger partial charge in [0.25, 0.3) is 0 Å². The molecule has 0 aliphatic carbocycles. The molecular formula is C17H29NO3. The van der Waals surface area contributed by atoms with Gasteiger partial charge in [0.15, 0.2) is 11.5 Å². The van der Waals surface area contributed by atoms with Crippen molar-refractivity contribution in [3.63, 3.8) is 0 Å². The lowest BCUT2D eigenvalue weighted by molar-refractivity contribution is 0.267. The van der Waals surface area contributed by atoms with Gasteiger partial charge in [-0.1, -0.05) is 19.9 Å². The summed E-state index contributed by atoms with van der Waals surface area (Å²) in [5.74, 6) is 2.84. The van der Waals surface area contributed by atoms with Crippen molar-refractivity contribution < 1.29 is 14.2 Å². The molecule has 0 amide bonds. The molecule has 0 saturated carbocycles. The summed E-state index contributed by atoms with van der Waals surface area (Å²) in [6.45, 7) is 7.30. The van der Waals surface area contributed by atoms with E-state index in [1.807, 2.05) is 18.2 Å². The van der Waals surface area contributed by atoms with E-state index in [0.717, 1.165) is 25.9 Å². The Kier molecular flexibility index (Phi) is 8.67. The van der Waals surface area contributed by atoms with Crippen LogP contribution in [0.15, 0.2) is 18.2 Å². The first kappa shape index (κ1) is 17.6. The normalized spacial score (nSPS) is 10.7. The highest BCUT2D eigenvalue weighted by Crippen LogP contribution is 2.36. The summed E-state index contributed by atoms with van der Waals surface area (Å²) in [6, 6.07) is 5.66. The van der Waals surface area contributed by atoms with E-state index in [0.29, 0.717) is 29.8 Å². The van der Waals surface area contributed by atoms with E-state index >= 15 is 0 Å². The quantitative estimate of drug-likeness (QED) is 0.634. The molecule has 120 valence electrons. The Bertz CT molecular complexity index is 371. The van der Waals surface area contributed by atoms with Crippen molar-refractivity contribution in [3.05, 3.63) is 18.2 Å². The van der Waals surface area contributed by atoms with Crippen LogP contribution in [0.4, 0.5) is 0 Å². The molecule has 0 aromatic heterocycles. The van der Waals surface area contributed by atoms with Crippen LogP contribution in [-0.2, 0) is 0 Å². The Balaban J connectivity index is 2.23. The van der Waals surface area contributed by atoms with Crippen LogP contribution in [0.1, 0.15) is 33.1 Å². The van der Waals surface area contributed by atoms with Crippen LogP contribution in [0.2, 0.25) is 0 Å². The van der Waals surface area contributed by atoms with Crippen molar-refractivity contribution in [2.45, 2.75) is 33.1 Å². The number of methoxy groups -OCH3 is 2. The topological polar surface area (TPSA) is 39.7 Å². The van der Waals surface area contributed by atoms with Gasteiger partial charge in [0.2, 0.25) is 5.75 Å². The zero-order chi connectivity index (χ0) is 15.5. The third kappa shape index (κ3) is 6.71. The lowest BCUT2D eigenvalue weighted by atomic mass is 10.2. The van der Waals surface area contributed by atoms with Crippen LogP contribution in [0.3, 0.4) is 0 Å². The molecule has 4 nitrogen and oxygen atoms in total. The lowest BCUT2D eigenvalue weighted by Crippen LogP contribution is -2.20. The van der Waals surface area contributed by atoms with E-state index in [1.54, 1.807) is 14.2 Å². The Labute approximate surface area is 128 Å². The molecular weight excluding hydrogens is 266 g/mol. The van der Waals surface area contributed by atoms with Crippen LogP contribution in [0.25, 0.3) is 0 Å². The second-order valence-electron chi connectivity index (χ2n) is 5.50. The average Bonchev–Trinajstić information content (AvgIpc) is 2.49. The van der Waals surface area contributed by atoms with E-state index in [9.17, 15) is 0 Å². The predicted octanol–water partition coefficient (Wildman–Crippen LogP) is 3.50. The van der Waals surface area contributed by atoms with Gasteiger partial charge in [0.05, 0.1) is 20.8 Å². The number of nitrogens with one attached hydrogen (secondary N) is 1. The van der Waals surface area contributed by atoms with Gasteiger partial charge in [-0.25, -0.2) is 0 Å². The first-order chi connectivity index (χ1) is 10.2. The molecule has 21 heavy (non-hydrogen) atoms. The van der Waals surface area contributed by atoms with Crippen LogP contribution in [0, 0.1) is 5.92 Å². The maximum absolute atomic E-state index is 5.82. The Morgan fingerprint density at radius 3 is 2.24 bits per heavy atom. The Morgan fingerprint density at radius 2 is 1.67 bits per heavy atom. The molecule has 4 heteroatoms. The van der Waals surface area contributed by atoms with Gasteiger partial charge in [0, 0.05) is 0 Å². The first-order valence-electron chi connectivity index (χ1n) is 7.73. The third-order valence-electron chi connectivity index (χ3n) is 3.18. The SMILES string of the molecule is COc1cccc(OC)c1OCCCCCNCC(C)C. The second-order valence-corrected chi connectivity index (χ2v) is 5.50. The summed E-state index contributed by atoms with van der Waals surface area (Å²) >= 11 is 0. The van der Waals surface area contributed by atoms with Crippen molar-refractivity contribution >= 4 is 0 Å². The summed E-state index contributed by atoms with van der Waals surface area (Å²) in [4.78, 5) is 0. The van der Waals surface area contributed by atoms with Gasteiger partial charge in [-0.05, 0) is 50.4 Å². The number of benzene rings is 1. The maximum atomic E-state index is 5.82. The van der Waals surface area contributed by atoms with Gasteiger partial charge < -0.3 is 19.5 Å². The van der Waals surface area contributed by atoms with Gasteiger partial charge in [-0.2, -0.15) is 0 Å². The number of hydrogen-bond acceptors (Lipinski definition) is 4. The molecule has 1 aromatic rings. The van der Waals surface area contributed by atoms with Crippen LogP contribution < -0.4 is 19.5 Å². The number of rotatable bonds is 11. The van der Waals surface area contributed by atoms with E-state index in [-0.39, 0.29) is 0 Å². The van der Waals surface area contributed by atoms with Crippen LogP contribution in [-0.4, -0.2) is 33.9 Å². The van der Waals surface area contributed by atoms with E-state index in [2.05, 4.69) is 19.2 Å². The molecule has 0 heterocycles. The van der Waals surface area contributed by atoms with E-state index < -0.39 is 0 Å². The van der Waals surface area contributed by atoms with Gasteiger partial charge in [-0.15, -0.1) is 0 Å². The minimum atomic E-state index is 0.681. The molecule has 1 aromatic carbocycles. The van der Waals surface area contributed by atoms with Crippen molar-refractivity contribution in [2.24, 2.45) is 5.92 Å². The third-order valence-corrected chi connectivity index (χ3v) is 3.18. The largest absolute Gasteiger partial charge is 0.493 e. The second kappa shape index (κ2) is 10.3. The summed E-state index contributed by atoms with van der Waals surface area (Å²) in [7, 11) is 3.28. The van der Waals surface area contributed by atoms with Crippen molar-refractivity contribution in [1.29, 1.82) is 0 Å². The highest BCUT2D eigenvalue weighted by Gasteiger charge is 2.10. The maximum Gasteiger partial charge on any atom is 0.203 e. The van der Waals surface area contributed by atoms with E-state index in [1.165, 1.54) is 6.42 Å². The molecule has 0 radical (unpaired) electrons. The lowest BCUT2D eigenvalue weighted by Gasteiger charge is -2.14. The van der Waals surface area contributed by atoms with E-state index in [4.69, 9.17) is 14.2 Å². The van der Waals surface area contributed by atoms with Crippen LogP contribution in [0.5, 0.6) is 17.2 Å². The number of unbranched alkanes of at least 4 members (excludes halogenated alkanes) is 2. The molecule has 0 fully saturated rings. The van der Waals surface area contributed by atoms with Gasteiger partial charge in [0.1, 0.15) is 0 Å². The summed E-state index contributed by atoms with van der Waals surface area (Å²) in [6.07, 6.45) is 3.37. The summed E-state index contributed by atoms with van der Waals surface area (Å²) in [5, 5.41) is 3.45. The molecule has 1 N–H and O–H groups in total. The summed E-state index contributed by atoms with van der Waals surface area (Å²) < 4.78 is 16.4. The van der Waals surface area contributed by atoms with Gasteiger partial charge >= 0.3 is 0 Å². The fourth-order valence-electron chi connectivity index (χ4n) is 2.05. The minimum absolute atomic E-state index is 0.681. The number of para-hydroxylation sites is 1.